The second kappa shape index (κ2) is 9.07. The molecule has 3 aromatic rings. The molecule has 1 aromatic heterocycles. The van der Waals surface area contributed by atoms with E-state index >= 15 is 0 Å². The minimum atomic E-state index is -0.366. The molecule has 1 fully saturated rings. The molecule has 0 spiro atoms. The number of nitrogens with one attached hydrogen (secondary N) is 1. The van der Waals surface area contributed by atoms with E-state index in [0.717, 1.165) is 4.90 Å². The van der Waals surface area contributed by atoms with Gasteiger partial charge in [-0.25, -0.2) is 9.37 Å². The minimum absolute atomic E-state index is 0.324. The third kappa shape index (κ3) is 4.75. The highest BCUT2D eigenvalue weighted by Gasteiger charge is 2.17. The summed E-state index contributed by atoms with van der Waals surface area (Å²) in [5.41, 5.74) is 1.37. The second-order valence-electron chi connectivity index (χ2n) is 6.49. The van der Waals surface area contributed by atoms with Crippen LogP contribution >= 0.6 is 11.8 Å². The zero-order valence-electron chi connectivity index (χ0n) is 15.7. The molecule has 148 valence electrons. The number of carbonyl (C=O) groups is 1. The van der Waals surface area contributed by atoms with Crippen molar-refractivity contribution in [2.45, 2.75) is 9.92 Å². The molecule has 7 heteroatoms. The van der Waals surface area contributed by atoms with Gasteiger partial charge in [-0.3, -0.25) is 4.79 Å². The van der Waals surface area contributed by atoms with Gasteiger partial charge in [0.15, 0.2) is 0 Å². The number of anilines is 2. The Morgan fingerprint density at radius 2 is 1.86 bits per heavy atom. The lowest BCUT2D eigenvalue weighted by molar-refractivity contribution is 0.102. The van der Waals surface area contributed by atoms with Gasteiger partial charge in [0.05, 0.1) is 24.5 Å². The maximum absolute atomic E-state index is 14.6. The first-order valence-electron chi connectivity index (χ1n) is 9.32. The summed E-state index contributed by atoms with van der Waals surface area (Å²) in [6.07, 6.45) is 1.65. The molecule has 1 aliphatic rings. The summed E-state index contributed by atoms with van der Waals surface area (Å²) in [5, 5.41) is 3.38. The van der Waals surface area contributed by atoms with Crippen molar-refractivity contribution in [1.29, 1.82) is 0 Å². The molecule has 0 aliphatic carbocycles. The Morgan fingerprint density at radius 3 is 2.62 bits per heavy atom. The van der Waals surface area contributed by atoms with Crippen LogP contribution in [0.15, 0.2) is 76.8 Å². The Bertz CT molecular complexity index is 994. The average molecular weight is 409 g/mol. The van der Waals surface area contributed by atoms with Crippen molar-refractivity contribution in [2.75, 3.05) is 36.5 Å². The highest BCUT2D eigenvalue weighted by Crippen LogP contribution is 2.29. The SMILES string of the molecule is O=C(Nc1ccc(N2CCOCC2)c(F)c1)c1cccnc1Sc1ccccc1. The van der Waals surface area contributed by atoms with Crippen molar-refractivity contribution < 1.29 is 13.9 Å². The van der Waals surface area contributed by atoms with Crippen molar-refractivity contribution in [3.63, 3.8) is 0 Å². The largest absolute Gasteiger partial charge is 0.378 e. The third-order valence-corrected chi connectivity index (χ3v) is 5.56. The Balaban J connectivity index is 1.50. The number of aromatic nitrogens is 1. The number of carbonyl (C=O) groups excluding carboxylic acids is 1. The van der Waals surface area contributed by atoms with Gasteiger partial charge in [-0.05, 0) is 42.5 Å². The molecule has 1 N–H and O–H groups in total. The standard InChI is InChI=1S/C22H20FN3O2S/c23-19-15-16(8-9-20(19)26-11-13-28-14-12-26)25-21(27)18-7-4-10-24-22(18)29-17-5-2-1-3-6-17/h1-10,15H,11-14H2,(H,25,27). The fourth-order valence-electron chi connectivity index (χ4n) is 3.09. The molecule has 2 heterocycles. The lowest BCUT2D eigenvalue weighted by Crippen LogP contribution is -2.36. The maximum Gasteiger partial charge on any atom is 0.258 e. The van der Waals surface area contributed by atoms with Crippen molar-refractivity contribution >= 4 is 29.0 Å². The lowest BCUT2D eigenvalue weighted by Gasteiger charge is -2.29. The van der Waals surface area contributed by atoms with Gasteiger partial charge in [-0.2, -0.15) is 0 Å². The van der Waals surface area contributed by atoms with E-state index in [1.807, 2.05) is 35.2 Å². The smallest absolute Gasteiger partial charge is 0.258 e. The summed E-state index contributed by atoms with van der Waals surface area (Å²) in [5.74, 6) is -0.690. The highest BCUT2D eigenvalue weighted by atomic mass is 32.2. The van der Waals surface area contributed by atoms with E-state index < -0.39 is 0 Å². The lowest BCUT2D eigenvalue weighted by atomic mass is 10.2. The minimum Gasteiger partial charge on any atom is -0.378 e. The normalized spacial score (nSPS) is 13.9. The third-order valence-electron chi connectivity index (χ3n) is 4.53. The predicted molar refractivity (Wildman–Crippen MR) is 112 cm³/mol. The molecular formula is C22H20FN3O2S. The molecule has 0 radical (unpaired) electrons. The number of pyridine rings is 1. The van der Waals surface area contributed by atoms with Crippen LogP contribution in [-0.4, -0.2) is 37.2 Å². The number of rotatable bonds is 5. The number of hydrogen-bond donors (Lipinski definition) is 1. The monoisotopic (exact) mass is 409 g/mol. The zero-order valence-corrected chi connectivity index (χ0v) is 16.5. The number of morpholine rings is 1. The van der Waals surface area contributed by atoms with Crippen LogP contribution in [0.25, 0.3) is 0 Å². The van der Waals surface area contributed by atoms with E-state index in [1.165, 1.54) is 17.8 Å². The van der Waals surface area contributed by atoms with E-state index in [1.54, 1.807) is 30.5 Å². The molecule has 4 rings (SSSR count). The van der Waals surface area contributed by atoms with Crippen molar-refractivity contribution in [2.24, 2.45) is 0 Å². The van der Waals surface area contributed by atoms with Crippen molar-refractivity contribution in [1.82, 2.24) is 4.98 Å². The van der Waals surface area contributed by atoms with Crippen LogP contribution in [-0.2, 0) is 4.74 Å². The molecule has 2 aromatic carbocycles. The summed E-state index contributed by atoms with van der Waals surface area (Å²) in [6, 6.07) is 17.9. The number of benzene rings is 2. The van der Waals surface area contributed by atoms with Crippen molar-refractivity contribution in [3.05, 3.63) is 78.2 Å². The molecule has 29 heavy (non-hydrogen) atoms. The fourth-order valence-corrected chi connectivity index (χ4v) is 3.99. The van der Waals surface area contributed by atoms with Gasteiger partial charge in [-0.15, -0.1) is 0 Å². The number of amides is 1. The molecule has 1 saturated heterocycles. The molecule has 0 unspecified atom stereocenters. The first-order chi connectivity index (χ1) is 14.2. The van der Waals surface area contributed by atoms with Gasteiger partial charge >= 0.3 is 0 Å². The topological polar surface area (TPSA) is 54.5 Å². The van der Waals surface area contributed by atoms with E-state index in [-0.39, 0.29) is 11.7 Å². The highest BCUT2D eigenvalue weighted by molar-refractivity contribution is 7.99. The summed E-state index contributed by atoms with van der Waals surface area (Å²) >= 11 is 1.41. The number of hydrogen-bond acceptors (Lipinski definition) is 5. The molecule has 1 aliphatic heterocycles. The van der Waals surface area contributed by atoms with Gasteiger partial charge in [0.1, 0.15) is 10.8 Å². The van der Waals surface area contributed by atoms with E-state index in [0.29, 0.717) is 48.3 Å². The second-order valence-corrected chi connectivity index (χ2v) is 7.55. The van der Waals surface area contributed by atoms with Crippen LogP contribution in [0.5, 0.6) is 0 Å². The molecular weight excluding hydrogens is 389 g/mol. The van der Waals surface area contributed by atoms with Crippen LogP contribution in [0, 0.1) is 5.82 Å². The molecule has 0 saturated carbocycles. The van der Waals surface area contributed by atoms with E-state index in [9.17, 15) is 9.18 Å². The van der Waals surface area contributed by atoms with Gasteiger partial charge in [0, 0.05) is 29.9 Å². The quantitative estimate of drug-likeness (QED) is 0.674. The van der Waals surface area contributed by atoms with Gasteiger partial charge in [0.25, 0.3) is 5.91 Å². The van der Waals surface area contributed by atoms with Gasteiger partial charge in [-0.1, -0.05) is 30.0 Å². The number of halogens is 1. The van der Waals surface area contributed by atoms with Crippen LogP contribution in [0.4, 0.5) is 15.8 Å². The number of ether oxygens (including phenoxy) is 1. The van der Waals surface area contributed by atoms with E-state index in [4.69, 9.17) is 4.74 Å². The fraction of sp³-hybridized carbons (Fsp3) is 0.182. The van der Waals surface area contributed by atoms with E-state index in [2.05, 4.69) is 10.3 Å². The molecule has 1 amide bonds. The molecule has 0 atom stereocenters. The average Bonchev–Trinajstić information content (AvgIpc) is 2.75. The maximum atomic E-state index is 14.6. The Kier molecular flexibility index (Phi) is 6.07. The van der Waals surface area contributed by atoms with Crippen LogP contribution in [0.3, 0.4) is 0 Å². The Morgan fingerprint density at radius 1 is 1.07 bits per heavy atom. The Hall–Kier alpha value is -2.90. The summed E-state index contributed by atoms with van der Waals surface area (Å²) in [4.78, 5) is 20.1. The first kappa shape index (κ1) is 19.4. The summed E-state index contributed by atoms with van der Waals surface area (Å²) in [7, 11) is 0. The zero-order chi connectivity index (χ0) is 20.1. The molecule has 0 bridgehead atoms. The van der Waals surface area contributed by atoms with Gasteiger partial charge < -0.3 is 15.0 Å². The van der Waals surface area contributed by atoms with Crippen LogP contribution < -0.4 is 10.2 Å². The van der Waals surface area contributed by atoms with Crippen LogP contribution in [0.1, 0.15) is 10.4 Å². The van der Waals surface area contributed by atoms with Gasteiger partial charge in [0.2, 0.25) is 0 Å². The predicted octanol–water partition coefficient (Wildman–Crippen LogP) is 4.46. The number of nitrogens with zero attached hydrogens (tertiary/aromatic N) is 2. The summed E-state index contributed by atoms with van der Waals surface area (Å²) < 4.78 is 19.9. The van der Waals surface area contributed by atoms with Crippen LogP contribution in [0.2, 0.25) is 0 Å². The Labute approximate surface area is 172 Å². The first-order valence-corrected chi connectivity index (χ1v) is 10.1. The van der Waals surface area contributed by atoms with Crippen molar-refractivity contribution in [3.8, 4) is 0 Å². The summed E-state index contributed by atoms with van der Waals surface area (Å²) in [6.45, 7) is 2.47. The molecule has 5 nitrogen and oxygen atoms in total.